The number of piperidine rings is 1. The maximum Gasteiger partial charge on any atom is 0.0624 e. The summed E-state index contributed by atoms with van der Waals surface area (Å²) in [5.41, 5.74) is 0. The van der Waals surface area contributed by atoms with Gasteiger partial charge in [0.2, 0.25) is 0 Å². The average Bonchev–Trinajstić information content (AvgIpc) is 2.36. The Balaban J connectivity index is 2.03. The van der Waals surface area contributed by atoms with E-state index in [0.717, 1.165) is 5.92 Å². The number of rotatable bonds is 0. The van der Waals surface area contributed by atoms with Crippen molar-refractivity contribution in [1.82, 2.24) is 10.2 Å². The molecule has 0 amide bonds. The van der Waals surface area contributed by atoms with Gasteiger partial charge in [0.15, 0.2) is 0 Å². The van der Waals surface area contributed by atoms with Crippen molar-refractivity contribution in [3.05, 3.63) is 0 Å². The highest BCUT2D eigenvalue weighted by molar-refractivity contribution is 4.85. The minimum Gasteiger partial charge on any atom is -0.300 e. The molecule has 2 aliphatic rings. The highest BCUT2D eigenvalue weighted by Gasteiger charge is 2.31. The van der Waals surface area contributed by atoms with Gasteiger partial charge in [-0.05, 0) is 25.3 Å². The van der Waals surface area contributed by atoms with Crippen LogP contribution < -0.4 is 5.32 Å². The Morgan fingerprint density at radius 1 is 1.40 bits per heavy atom. The number of hydrogen-bond acceptors (Lipinski definition) is 2. The maximum absolute atomic E-state index is 3.53. The smallest absolute Gasteiger partial charge is 0.0624 e. The number of fused-ring (bicyclic) bond motifs is 1. The van der Waals surface area contributed by atoms with Gasteiger partial charge in [-0.3, -0.25) is 4.90 Å². The molecule has 2 heterocycles. The van der Waals surface area contributed by atoms with Crippen LogP contribution in [0.25, 0.3) is 0 Å². The second kappa shape index (κ2) is 2.51. The van der Waals surface area contributed by atoms with E-state index in [2.05, 4.69) is 17.1 Å². The van der Waals surface area contributed by atoms with E-state index in [-0.39, 0.29) is 0 Å². The summed E-state index contributed by atoms with van der Waals surface area (Å²) in [4.78, 5) is 2.58. The number of nitrogens with zero attached hydrogens (tertiary/aromatic N) is 1. The molecule has 58 valence electrons. The van der Waals surface area contributed by atoms with Crippen LogP contribution in [0.3, 0.4) is 0 Å². The summed E-state index contributed by atoms with van der Waals surface area (Å²) in [6, 6.07) is 0. The summed E-state index contributed by atoms with van der Waals surface area (Å²) in [6.07, 6.45) is 3.53. The predicted octanol–water partition coefficient (Wildman–Crippen LogP) is 0.648. The van der Waals surface area contributed by atoms with E-state index in [4.69, 9.17) is 0 Å². The molecule has 2 fully saturated rings. The first kappa shape index (κ1) is 6.62. The van der Waals surface area contributed by atoms with Crippen LogP contribution in [0, 0.1) is 5.92 Å². The van der Waals surface area contributed by atoms with Crippen molar-refractivity contribution in [2.45, 2.75) is 25.9 Å². The summed E-state index contributed by atoms with van der Waals surface area (Å²) >= 11 is 0. The molecule has 2 nitrogen and oxygen atoms in total. The maximum atomic E-state index is 3.53. The predicted molar refractivity (Wildman–Crippen MR) is 41.8 cm³/mol. The Labute approximate surface area is 62.6 Å². The first-order valence-electron chi connectivity index (χ1n) is 4.35. The normalized spacial score (nSPS) is 41.7. The molecule has 0 saturated carbocycles. The first-order valence-corrected chi connectivity index (χ1v) is 4.35. The standard InChI is InChI=1S/C8H16N2/c1-7-3-2-5-10-6-4-9-8(7)10/h7-9H,2-6H2,1H3/t7-,8+/m0/s1. The molecule has 0 unspecified atom stereocenters. The Morgan fingerprint density at radius 3 is 3.10 bits per heavy atom. The van der Waals surface area contributed by atoms with Gasteiger partial charge in [-0.15, -0.1) is 0 Å². The molecule has 2 aliphatic heterocycles. The summed E-state index contributed by atoms with van der Waals surface area (Å²) in [5.74, 6) is 0.872. The van der Waals surface area contributed by atoms with E-state index in [0.29, 0.717) is 6.17 Å². The van der Waals surface area contributed by atoms with Crippen molar-refractivity contribution < 1.29 is 0 Å². The second-order valence-corrected chi connectivity index (χ2v) is 3.55. The molecule has 2 heteroatoms. The third-order valence-corrected chi connectivity index (χ3v) is 2.79. The van der Waals surface area contributed by atoms with E-state index in [9.17, 15) is 0 Å². The monoisotopic (exact) mass is 140 g/mol. The van der Waals surface area contributed by atoms with E-state index in [1.54, 1.807) is 0 Å². The van der Waals surface area contributed by atoms with E-state index < -0.39 is 0 Å². The largest absolute Gasteiger partial charge is 0.300 e. The zero-order valence-corrected chi connectivity index (χ0v) is 6.64. The Morgan fingerprint density at radius 2 is 2.30 bits per heavy atom. The van der Waals surface area contributed by atoms with Crippen LogP contribution in [0.4, 0.5) is 0 Å². The van der Waals surface area contributed by atoms with Crippen molar-refractivity contribution in [2.75, 3.05) is 19.6 Å². The van der Waals surface area contributed by atoms with Crippen LogP contribution >= 0.6 is 0 Å². The van der Waals surface area contributed by atoms with Crippen molar-refractivity contribution in [3.63, 3.8) is 0 Å². The zero-order valence-electron chi connectivity index (χ0n) is 6.64. The molecule has 0 spiro atoms. The highest BCUT2D eigenvalue weighted by atomic mass is 15.3. The molecular formula is C8H16N2. The van der Waals surface area contributed by atoms with Gasteiger partial charge in [-0.25, -0.2) is 0 Å². The van der Waals surface area contributed by atoms with Gasteiger partial charge in [-0.1, -0.05) is 6.92 Å². The minimum absolute atomic E-state index is 0.716. The average molecular weight is 140 g/mol. The fourth-order valence-electron chi connectivity index (χ4n) is 2.21. The molecule has 0 bridgehead atoms. The van der Waals surface area contributed by atoms with Gasteiger partial charge in [0.25, 0.3) is 0 Å². The van der Waals surface area contributed by atoms with Crippen LogP contribution in [0.2, 0.25) is 0 Å². The minimum atomic E-state index is 0.716. The summed E-state index contributed by atoms with van der Waals surface area (Å²) < 4.78 is 0. The summed E-state index contributed by atoms with van der Waals surface area (Å²) in [6.45, 7) is 6.15. The summed E-state index contributed by atoms with van der Waals surface area (Å²) in [5, 5.41) is 3.53. The van der Waals surface area contributed by atoms with Crippen LogP contribution in [-0.4, -0.2) is 30.7 Å². The lowest BCUT2D eigenvalue weighted by Crippen LogP contribution is -2.44. The number of hydrogen-bond donors (Lipinski definition) is 1. The topological polar surface area (TPSA) is 15.3 Å². The van der Waals surface area contributed by atoms with Gasteiger partial charge in [-0.2, -0.15) is 0 Å². The SMILES string of the molecule is C[C@H]1CCCN2CCN[C@@H]12. The van der Waals surface area contributed by atoms with Gasteiger partial charge in [0, 0.05) is 13.1 Å². The van der Waals surface area contributed by atoms with Crippen molar-refractivity contribution in [2.24, 2.45) is 5.92 Å². The zero-order chi connectivity index (χ0) is 6.97. The molecule has 1 N–H and O–H groups in total. The molecular weight excluding hydrogens is 124 g/mol. The lowest BCUT2D eigenvalue weighted by atomic mass is 9.97. The van der Waals surface area contributed by atoms with E-state index in [1.807, 2.05) is 0 Å². The van der Waals surface area contributed by atoms with Gasteiger partial charge < -0.3 is 5.32 Å². The van der Waals surface area contributed by atoms with Crippen molar-refractivity contribution >= 4 is 0 Å². The third kappa shape index (κ3) is 0.956. The fraction of sp³-hybridized carbons (Fsp3) is 1.00. The highest BCUT2D eigenvalue weighted by Crippen LogP contribution is 2.23. The van der Waals surface area contributed by atoms with Crippen LogP contribution in [0.5, 0.6) is 0 Å². The lowest BCUT2D eigenvalue weighted by molar-refractivity contribution is 0.131. The van der Waals surface area contributed by atoms with Crippen LogP contribution in [0.15, 0.2) is 0 Å². The van der Waals surface area contributed by atoms with Gasteiger partial charge in [0.05, 0.1) is 6.17 Å². The van der Waals surface area contributed by atoms with E-state index in [1.165, 1.54) is 32.5 Å². The third-order valence-electron chi connectivity index (χ3n) is 2.79. The Bertz CT molecular complexity index is 124. The molecule has 10 heavy (non-hydrogen) atoms. The second-order valence-electron chi connectivity index (χ2n) is 3.55. The van der Waals surface area contributed by atoms with Crippen molar-refractivity contribution in [3.8, 4) is 0 Å². The van der Waals surface area contributed by atoms with Crippen LogP contribution in [-0.2, 0) is 0 Å². The first-order chi connectivity index (χ1) is 4.88. The molecule has 2 atom stereocenters. The molecule has 0 aromatic carbocycles. The molecule has 0 aromatic heterocycles. The van der Waals surface area contributed by atoms with E-state index >= 15 is 0 Å². The molecule has 2 saturated heterocycles. The van der Waals surface area contributed by atoms with Gasteiger partial charge in [0.1, 0.15) is 0 Å². The molecule has 0 radical (unpaired) electrons. The lowest BCUT2D eigenvalue weighted by Gasteiger charge is -2.34. The Kier molecular flexibility index (Phi) is 1.66. The summed E-state index contributed by atoms with van der Waals surface area (Å²) in [7, 11) is 0. The quantitative estimate of drug-likeness (QED) is 0.531. The molecule has 2 rings (SSSR count). The van der Waals surface area contributed by atoms with Gasteiger partial charge >= 0.3 is 0 Å². The number of nitrogens with one attached hydrogen (secondary N) is 1. The fourth-order valence-corrected chi connectivity index (χ4v) is 2.21. The molecule has 0 aromatic rings. The van der Waals surface area contributed by atoms with Crippen molar-refractivity contribution in [1.29, 1.82) is 0 Å². The molecule has 0 aliphatic carbocycles. The Hall–Kier alpha value is -0.0800. The van der Waals surface area contributed by atoms with Crippen LogP contribution in [0.1, 0.15) is 19.8 Å².